The Labute approximate surface area is 95.7 Å². The number of aliphatic carboxylic acids is 1. The van der Waals surface area contributed by atoms with E-state index in [-0.39, 0.29) is 12.5 Å². The van der Waals surface area contributed by atoms with E-state index < -0.39 is 16.0 Å². The zero-order valence-corrected chi connectivity index (χ0v) is 10.2. The first-order valence-electron chi connectivity index (χ1n) is 5.30. The second-order valence-electron chi connectivity index (χ2n) is 4.03. The summed E-state index contributed by atoms with van der Waals surface area (Å²) in [5, 5.41) is 11.6. The molecule has 0 aromatic heterocycles. The van der Waals surface area contributed by atoms with E-state index in [1.807, 2.05) is 0 Å². The smallest absolute Gasteiger partial charge is 0.304 e. The van der Waals surface area contributed by atoms with E-state index in [0.717, 1.165) is 12.8 Å². The van der Waals surface area contributed by atoms with Crippen LogP contribution in [0.15, 0.2) is 0 Å². The fourth-order valence-corrected chi connectivity index (χ4v) is 2.65. The van der Waals surface area contributed by atoms with Gasteiger partial charge in [-0.1, -0.05) is 0 Å². The van der Waals surface area contributed by atoms with Gasteiger partial charge in [0.2, 0.25) is 10.0 Å². The third-order valence-electron chi connectivity index (χ3n) is 2.69. The van der Waals surface area contributed by atoms with Gasteiger partial charge in [-0.2, -0.15) is 0 Å². The molecule has 0 bridgehead atoms. The summed E-state index contributed by atoms with van der Waals surface area (Å²) < 4.78 is 23.9. The van der Waals surface area contributed by atoms with Gasteiger partial charge < -0.3 is 10.4 Å². The van der Waals surface area contributed by atoms with Crippen LogP contribution in [0.5, 0.6) is 0 Å². The molecule has 7 heteroatoms. The Balaban J connectivity index is 2.25. The molecule has 1 rings (SSSR count). The highest BCUT2D eigenvalue weighted by atomic mass is 32.2. The van der Waals surface area contributed by atoms with E-state index in [1.165, 1.54) is 10.6 Å². The molecule has 1 heterocycles. The summed E-state index contributed by atoms with van der Waals surface area (Å²) in [7, 11) is -3.07. The Morgan fingerprint density at radius 3 is 2.44 bits per heavy atom. The Kier molecular flexibility index (Phi) is 4.69. The van der Waals surface area contributed by atoms with Crippen LogP contribution in [0.1, 0.15) is 19.3 Å². The topological polar surface area (TPSA) is 86.7 Å². The van der Waals surface area contributed by atoms with Gasteiger partial charge in [0.15, 0.2) is 0 Å². The van der Waals surface area contributed by atoms with Crippen LogP contribution in [0.25, 0.3) is 0 Å². The quantitative estimate of drug-likeness (QED) is 0.685. The molecule has 94 valence electrons. The number of hydrogen-bond acceptors (Lipinski definition) is 4. The third kappa shape index (κ3) is 4.46. The molecule has 1 fully saturated rings. The third-order valence-corrected chi connectivity index (χ3v) is 4.00. The molecule has 0 spiro atoms. The van der Waals surface area contributed by atoms with Crippen molar-refractivity contribution in [2.75, 3.05) is 25.9 Å². The molecule has 0 unspecified atom stereocenters. The minimum Gasteiger partial charge on any atom is -0.481 e. The number of nitrogens with one attached hydrogen (secondary N) is 1. The summed E-state index contributed by atoms with van der Waals surface area (Å²) >= 11 is 0. The summed E-state index contributed by atoms with van der Waals surface area (Å²) in [6.07, 6.45) is 2.80. The van der Waals surface area contributed by atoms with Crippen LogP contribution in [0, 0.1) is 0 Å². The number of piperidine rings is 1. The van der Waals surface area contributed by atoms with Gasteiger partial charge in [-0.15, -0.1) is 0 Å². The molecule has 1 aliphatic heterocycles. The lowest BCUT2D eigenvalue weighted by Gasteiger charge is -2.30. The zero-order valence-electron chi connectivity index (χ0n) is 9.35. The number of hydrogen-bond donors (Lipinski definition) is 2. The lowest BCUT2D eigenvalue weighted by Crippen LogP contribution is -2.44. The maximum atomic E-state index is 11.2. The fraction of sp³-hybridized carbons (Fsp3) is 0.889. The van der Waals surface area contributed by atoms with E-state index in [4.69, 9.17) is 5.11 Å². The lowest BCUT2D eigenvalue weighted by molar-refractivity contribution is -0.136. The summed E-state index contributed by atoms with van der Waals surface area (Å²) in [6.45, 7) is 1.48. The number of carbonyl (C=O) groups is 1. The van der Waals surface area contributed by atoms with Crippen molar-refractivity contribution in [1.82, 2.24) is 9.62 Å². The van der Waals surface area contributed by atoms with Crippen LogP contribution in [0.4, 0.5) is 0 Å². The summed E-state index contributed by atoms with van der Waals surface area (Å²) in [4.78, 5) is 10.3. The molecule has 0 aliphatic carbocycles. The van der Waals surface area contributed by atoms with Crippen LogP contribution < -0.4 is 5.32 Å². The van der Waals surface area contributed by atoms with E-state index in [9.17, 15) is 13.2 Å². The SMILES string of the molecule is CS(=O)(=O)N1CCC(NCCC(=O)O)CC1. The summed E-state index contributed by atoms with van der Waals surface area (Å²) in [5.74, 6) is -0.818. The normalized spacial score (nSPS) is 19.8. The number of carboxylic acid groups (broad SMARTS) is 1. The number of carboxylic acids is 1. The standard InChI is InChI=1S/C9H18N2O4S/c1-16(14,15)11-6-3-8(4-7-11)10-5-2-9(12)13/h8,10H,2-7H2,1H3,(H,12,13). The predicted octanol–water partition coefficient (Wildman–Crippen LogP) is -0.525. The molecule has 2 N–H and O–H groups in total. The number of rotatable bonds is 5. The van der Waals surface area contributed by atoms with E-state index >= 15 is 0 Å². The first-order valence-corrected chi connectivity index (χ1v) is 7.14. The second kappa shape index (κ2) is 5.60. The van der Waals surface area contributed by atoms with Crippen LogP contribution >= 0.6 is 0 Å². The summed E-state index contributed by atoms with van der Waals surface area (Å²) in [5.41, 5.74) is 0. The predicted molar refractivity (Wildman–Crippen MR) is 59.7 cm³/mol. The van der Waals surface area contributed by atoms with E-state index in [2.05, 4.69) is 5.32 Å². The van der Waals surface area contributed by atoms with Gasteiger partial charge in [-0.05, 0) is 12.8 Å². The minimum atomic E-state index is -3.07. The highest BCUT2D eigenvalue weighted by Gasteiger charge is 2.24. The Bertz CT molecular complexity index is 333. The monoisotopic (exact) mass is 250 g/mol. The van der Waals surface area contributed by atoms with Crippen molar-refractivity contribution in [2.24, 2.45) is 0 Å². The average molecular weight is 250 g/mol. The molecule has 0 radical (unpaired) electrons. The van der Waals surface area contributed by atoms with Crippen LogP contribution in [-0.4, -0.2) is 55.7 Å². The Hall–Kier alpha value is -0.660. The van der Waals surface area contributed by atoms with Crippen LogP contribution in [0.2, 0.25) is 0 Å². The maximum Gasteiger partial charge on any atom is 0.304 e. The van der Waals surface area contributed by atoms with Crippen LogP contribution in [0.3, 0.4) is 0 Å². The highest BCUT2D eigenvalue weighted by molar-refractivity contribution is 7.88. The molecule has 0 saturated carbocycles. The van der Waals surface area contributed by atoms with Gasteiger partial charge in [0.25, 0.3) is 0 Å². The van der Waals surface area contributed by atoms with Crippen LogP contribution in [-0.2, 0) is 14.8 Å². The van der Waals surface area contributed by atoms with E-state index in [1.54, 1.807) is 0 Å². The van der Waals surface area contributed by atoms with Gasteiger partial charge in [0.05, 0.1) is 12.7 Å². The van der Waals surface area contributed by atoms with Gasteiger partial charge in [-0.3, -0.25) is 4.79 Å². The molecular formula is C9H18N2O4S. The van der Waals surface area contributed by atoms with Crippen molar-refractivity contribution in [3.63, 3.8) is 0 Å². The molecule has 6 nitrogen and oxygen atoms in total. The minimum absolute atomic E-state index is 0.103. The number of nitrogens with zero attached hydrogens (tertiary/aromatic N) is 1. The molecule has 1 saturated heterocycles. The van der Waals surface area contributed by atoms with Crippen molar-refractivity contribution in [2.45, 2.75) is 25.3 Å². The largest absolute Gasteiger partial charge is 0.481 e. The molecule has 0 aromatic carbocycles. The van der Waals surface area contributed by atoms with Gasteiger partial charge in [0, 0.05) is 25.7 Å². The van der Waals surface area contributed by atoms with Crippen molar-refractivity contribution < 1.29 is 18.3 Å². The zero-order chi connectivity index (χ0) is 12.2. The first kappa shape index (κ1) is 13.4. The number of sulfonamides is 1. The fourth-order valence-electron chi connectivity index (χ4n) is 1.77. The van der Waals surface area contributed by atoms with Crippen molar-refractivity contribution >= 4 is 16.0 Å². The molecule has 0 amide bonds. The Morgan fingerprint density at radius 1 is 1.44 bits per heavy atom. The van der Waals surface area contributed by atoms with E-state index in [0.29, 0.717) is 19.6 Å². The van der Waals surface area contributed by atoms with Crippen molar-refractivity contribution in [3.05, 3.63) is 0 Å². The Morgan fingerprint density at radius 2 is 2.00 bits per heavy atom. The molecular weight excluding hydrogens is 232 g/mol. The van der Waals surface area contributed by atoms with Crippen molar-refractivity contribution in [3.8, 4) is 0 Å². The molecule has 16 heavy (non-hydrogen) atoms. The highest BCUT2D eigenvalue weighted by Crippen LogP contribution is 2.12. The van der Waals surface area contributed by atoms with Crippen molar-refractivity contribution in [1.29, 1.82) is 0 Å². The van der Waals surface area contributed by atoms with Gasteiger partial charge >= 0.3 is 5.97 Å². The molecule has 0 aromatic rings. The molecule has 0 atom stereocenters. The average Bonchev–Trinajstić information content (AvgIpc) is 2.16. The van der Waals surface area contributed by atoms with Gasteiger partial charge in [0.1, 0.15) is 0 Å². The lowest BCUT2D eigenvalue weighted by atomic mass is 10.1. The maximum absolute atomic E-state index is 11.2. The molecule has 1 aliphatic rings. The van der Waals surface area contributed by atoms with Gasteiger partial charge in [-0.25, -0.2) is 12.7 Å². The first-order chi connectivity index (χ1) is 7.39. The second-order valence-corrected chi connectivity index (χ2v) is 6.02. The summed E-state index contributed by atoms with van der Waals surface area (Å²) in [6, 6.07) is 0.234.